The van der Waals surface area contributed by atoms with Gasteiger partial charge in [-0.05, 0) is 43.3 Å². The number of aryl methyl sites for hydroxylation is 1. The van der Waals surface area contributed by atoms with Crippen molar-refractivity contribution in [1.82, 2.24) is 9.55 Å². The molecular weight excluding hydrogens is 585 g/mol. The minimum Gasteiger partial charge on any atom is -0.470 e. The molecule has 0 bridgehead atoms. The van der Waals surface area contributed by atoms with Crippen LogP contribution >= 0.6 is 0 Å². The first-order valence-electron chi connectivity index (χ1n) is 13.7. The van der Waals surface area contributed by atoms with Crippen molar-refractivity contribution in [2.45, 2.75) is 13.7 Å². The van der Waals surface area contributed by atoms with Gasteiger partial charge in [0, 0.05) is 35.0 Å². The molecule has 9 nitrogen and oxygen atoms in total. The normalized spacial score (nSPS) is 12.6. The molecule has 0 saturated carbocycles. The highest BCUT2D eigenvalue weighted by molar-refractivity contribution is 7.92. The van der Waals surface area contributed by atoms with Gasteiger partial charge in [-0.3, -0.25) is 4.31 Å². The lowest BCUT2D eigenvalue weighted by molar-refractivity contribution is 0.0603. The zero-order valence-corrected chi connectivity index (χ0v) is 25.0. The third-order valence-electron chi connectivity index (χ3n) is 7.96. The molecule has 0 N–H and O–H groups in total. The molecule has 4 heterocycles. The number of nitrogens with zero attached hydrogens (tertiary/aromatic N) is 3. The summed E-state index contributed by atoms with van der Waals surface area (Å²) in [5.41, 5.74) is 5.12. The van der Waals surface area contributed by atoms with Crippen LogP contribution < -0.4 is 9.04 Å². The monoisotopic (exact) mass is 611 g/mol. The van der Waals surface area contributed by atoms with E-state index in [1.165, 1.54) is 20.2 Å². The number of furan rings is 1. The number of fused-ring (bicyclic) bond motifs is 6. The van der Waals surface area contributed by atoms with Crippen LogP contribution in [0.3, 0.4) is 0 Å². The Labute approximate surface area is 252 Å². The Morgan fingerprint density at radius 1 is 1.05 bits per heavy atom. The maximum absolute atomic E-state index is 14.7. The molecule has 0 spiro atoms. The number of halogens is 1. The summed E-state index contributed by atoms with van der Waals surface area (Å²) >= 11 is 0. The predicted octanol–water partition coefficient (Wildman–Crippen LogP) is 6.76. The number of esters is 1. The van der Waals surface area contributed by atoms with E-state index in [1.807, 2.05) is 41.8 Å². The highest BCUT2D eigenvalue weighted by atomic mass is 32.2. The summed E-state index contributed by atoms with van der Waals surface area (Å²) in [6.07, 6.45) is 1.10. The van der Waals surface area contributed by atoms with Crippen LogP contribution in [0.2, 0.25) is 0 Å². The topological polar surface area (TPSA) is 104 Å². The van der Waals surface area contributed by atoms with Gasteiger partial charge in [0.2, 0.25) is 10.0 Å². The van der Waals surface area contributed by atoms with E-state index in [-0.39, 0.29) is 23.8 Å². The van der Waals surface area contributed by atoms with E-state index in [1.54, 1.807) is 36.4 Å². The molecule has 0 unspecified atom stereocenters. The average Bonchev–Trinajstić information content (AvgIpc) is 3.59. The summed E-state index contributed by atoms with van der Waals surface area (Å²) in [5, 5.41) is 0.870. The fourth-order valence-corrected chi connectivity index (χ4v) is 6.11. The zero-order chi connectivity index (χ0) is 30.9. The highest BCUT2D eigenvalue weighted by Gasteiger charge is 2.28. The van der Waals surface area contributed by atoms with Crippen LogP contribution in [0.1, 0.15) is 15.9 Å². The molecule has 44 heavy (non-hydrogen) atoms. The molecule has 222 valence electrons. The van der Waals surface area contributed by atoms with Gasteiger partial charge in [0.15, 0.2) is 6.73 Å². The summed E-state index contributed by atoms with van der Waals surface area (Å²) in [7, 11) is -0.993. The standard InChI is InChI=1S/C33H26FN3O6S/c1-18-8-10-19(11-9-18)32-30(33(38)41-3)22-14-21(26(16-29(22)43-32)36(2)44(4,39)40)24-12-13-28-31(35-24)27-15-20-23(34)6-5-7-25(20)37(27)17-42-28/h5-16H,17H2,1-4H3. The molecule has 7 rings (SSSR count). The molecule has 0 amide bonds. The number of aromatic nitrogens is 2. The lowest BCUT2D eigenvalue weighted by Crippen LogP contribution is -2.25. The van der Waals surface area contributed by atoms with Crippen LogP contribution in [0.5, 0.6) is 5.75 Å². The number of carbonyl (C=O) groups excluding carboxylic acids is 1. The van der Waals surface area contributed by atoms with Crippen molar-refractivity contribution in [2.24, 2.45) is 0 Å². The smallest absolute Gasteiger partial charge is 0.342 e. The highest BCUT2D eigenvalue weighted by Crippen LogP contribution is 2.44. The maximum Gasteiger partial charge on any atom is 0.342 e. The number of rotatable bonds is 5. The van der Waals surface area contributed by atoms with Gasteiger partial charge >= 0.3 is 5.97 Å². The minimum atomic E-state index is -3.72. The molecule has 0 aliphatic carbocycles. The van der Waals surface area contributed by atoms with Crippen LogP contribution in [-0.2, 0) is 21.5 Å². The first-order valence-corrected chi connectivity index (χ1v) is 15.5. The van der Waals surface area contributed by atoms with Gasteiger partial charge < -0.3 is 18.5 Å². The second kappa shape index (κ2) is 9.95. The van der Waals surface area contributed by atoms with E-state index < -0.39 is 16.0 Å². The van der Waals surface area contributed by atoms with Gasteiger partial charge in [0.05, 0.1) is 36.0 Å². The van der Waals surface area contributed by atoms with Crippen LogP contribution in [0.15, 0.2) is 77.2 Å². The molecular formula is C33H26FN3O6S. The number of hydrogen-bond donors (Lipinski definition) is 0. The summed E-state index contributed by atoms with van der Waals surface area (Å²) in [5.74, 6) is -0.156. The van der Waals surface area contributed by atoms with Gasteiger partial charge in [0.1, 0.15) is 34.2 Å². The van der Waals surface area contributed by atoms with Crippen molar-refractivity contribution in [1.29, 1.82) is 0 Å². The molecule has 6 aromatic rings. The Bertz CT molecular complexity index is 2250. The number of methoxy groups -OCH3 is 1. The number of benzene rings is 3. The summed E-state index contributed by atoms with van der Waals surface area (Å²) in [4.78, 5) is 18.1. The Hall–Kier alpha value is -5.16. The number of hydrogen-bond acceptors (Lipinski definition) is 7. The summed E-state index contributed by atoms with van der Waals surface area (Å²) in [6.45, 7) is 2.14. The molecule has 0 atom stereocenters. The van der Waals surface area contributed by atoms with Crippen LogP contribution in [0.25, 0.3) is 55.8 Å². The van der Waals surface area contributed by atoms with Crippen molar-refractivity contribution >= 4 is 43.6 Å². The second-order valence-electron chi connectivity index (χ2n) is 10.7. The first kappa shape index (κ1) is 27.7. The number of sulfonamides is 1. The Balaban J connectivity index is 1.50. The van der Waals surface area contributed by atoms with Crippen molar-refractivity contribution in [2.75, 3.05) is 24.7 Å². The molecule has 0 fully saturated rings. The van der Waals surface area contributed by atoms with Crippen molar-refractivity contribution in [3.8, 4) is 39.7 Å². The maximum atomic E-state index is 14.7. The predicted molar refractivity (Wildman–Crippen MR) is 166 cm³/mol. The summed E-state index contributed by atoms with van der Waals surface area (Å²) in [6, 6.07) is 20.8. The van der Waals surface area contributed by atoms with Gasteiger partial charge in [0.25, 0.3) is 0 Å². The number of pyridine rings is 1. The number of ether oxygens (including phenoxy) is 2. The third-order valence-corrected chi connectivity index (χ3v) is 9.16. The van der Waals surface area contributed by atoms with Gasteiger partial charge in [-0.2, -0.15) is 0 Å². The van der Waals surface area contributed by atoms with E-state index in [0.29, 0.717) is 61.6 Å². The molecule has 1 aliphatic rings. The van der Waals surface area contributed by atoms with E-state index in [4.69, 9.17) is 18.9 Å². The van der Waals surface area contributed by atoms with E-state index in [9.17, 15) is 17.6 Å². The minimum absolute atomic E-state index is 0.184. The Morgan fingerprint density at radius 3 is 2.55 bits per heavy atom. The van der Waals surface area contributed by atoms with Crippen LogP contribution in [-0.4, -0.2) is 44.4 Å². The fraction of sp³-hybridized carbons (Fsp3) is 0.152. The van der Waals surface area contributed by atoms with Crippen molar-refractivity contribution in [3.63, 3.8) is 0 Å². The fourth-order valence-electron chi connectivity index (χ4n) is 5.60. The van der Waals surface area contributed by atoms with Gasteiger partial charge in [-0.1, -0.05) is 35.9 Å². The molecule has 0 radical (unpaired) electrons. The molecule has 1 aliphatic heterocycles. The largest absolute Gasteiger partial charge is 0.470 e. The second-order valence-corrected chi connectivity index (χ2v) is 12.7. The van der Waals surface area contributed by atoms with E-state index in [0.717, 1.165) is 16.1 Å². The summed E-state index contributed by atoms with van der Waals surface area (Å²) < 4.78 is 60.6. The molecule has 3 aromatic heterocycles. The SMILES string of the molecule is COC(=O)c1c(-c2ccc(C)cc2)oc2cc(N(C)S(C)(=O)=O)c(-c3ccc4c(n3)-c3cc5c(F)cccc5n3CO4)cc12. The third kappa shape index (κ3) is 4.31. The van der Waals surface area contributed by atoms with Crippen LogP contribution in [0, 0.1) is 12.7 Å². The Morgan fingerprint density at radius 2 is 1.82 bits per heavy atom. The number of carbonyl (C=O) groups is 1. The van der Waals surface area contributed by atoms with Crippen molar-refractivity contribution < 1.29 is 31.5 Å². The van der Waals surface area contributed by atoms with Gasteiger partial charge in [-0.25, -0.2) is 22.6 Å². The van der Waals surface area contributed by atoms with E-state index >= 15 is 0 Å². The molecule has 0 saturated heterocycles. The molecule has 3 aromatic carbocycles. The molecule has 11 heteroatoms. The average molecular weight is 612 g/mol. The zero-order valence-electron chi connectivity index (χ0n) is 24.2. The lowest BCUT2D eigenvalue weighted by Gasteiger charge is -2.23. The Kier molecular flexibility index (Phi) is 6.26. The van der Waals surface area contributed by atoms with E-state index in [2.05, 4.69) is 0 Å². The van der Waals surface area contributed by atoms with Crippen molar-refractivity contribution in [3.05, 3.63) is 89.7 Å². The lowest BCUT2D eigenvalue weighted by atomic mass is 10.0. The quantitative estimate of drug-likeness (QED) is 0.198. The number of anilines is 1. The first-order chi connectivity index (χ1) is 21.0. The van der Waals surface area contributed by atoms with Crippen LogP contribution in [0.4, 0.5) is 10.1 Å². The van der Waals surface area contributed by atoms with Gasteiger partial charge in [-0.15, -0.1) is 0 Å².